The van der Waals surface area contributed by atoms with Gasteiger partial charge in [0.2, 0.25) is 5.88 Å². The Morgan fingerprint density at radius 1 is 1.20 bits per heavy atom. The van der Waals surface area contributed by atoms with Crippen LogP contribution in [-0.4, -0.2) is 22.6 Å². The smallest absolute Gasteiger partial charge is 0.222 e. The Bertz CT molecular complexity index is 414. The molecule has 0 amide bonds. The summed E-state index contributed by atoms with van der Waals surface area (Å²) in [4.78, 5) is 8.73. The maximum atomic E-state index is 6.18. The van der Waals surface area contributed by atoms with Crippen LogP contribution in [-0.2, 0) is 6.42 Å². The SMILES string of the molecule is CCCc1c(NCC)ncnc1OC1CCC(C)CC1. The molecule has 1 aliphatic carbocycles. The number of anilines is 1. The van der Waals surface area contributed by atoms with E-state index in [0.29, 0.717) is 6.10 Å². The molecule has 1 saturated carbocycles. The summed E-state index contributed by atoms with van der Waals surface area (Å²) in [5, 5.41) is 3.31. The fourth-order valence-corrected chi connectivity index (χ4v) is 2.80. The Kier molecular flexibility index (Phi) is 5.62. The molecule has 2 rings (SSSR count). The van der Waals surface area contributed by atoms with E-state index < -0.39 is 0 Å². The molecule has 1 fully saturated rings. The molecule has 1 heterocycles. The average molecular weight is 277 g/mol. The van der Waals surface area contributed by atoms with E-state index >= 15 is 0 Å². The van der Waals surface area contributed by atoms with Gasteiger partial charge in [-0.25, -0.2) is 9.97 Å². The molecular formula is C16H27N3O. The molecule has 1 aliphatic rings. The Morgan fingerprint density at radius 3 is 2.60 bits per heavy atom. The van der Waals surface area contributed by atoms with E-state index in [1.165, 1.54) is 12.8 Å². The van der Waals surface area contributed by atoms with E-state index in [1.807, 2.05) is 0 Å². The minimum Gasteiger partial charge on any atom is -0.474 e. The van der Waals surface area contributed by atoms with Crippen LogP contribution in [0, 0.1) is 5.92 Å². The van der Waals surface area contributed by atoms with Crippen molar-refractivity contribution in [3.05, 3.63) is 11.9 Å². The van der Waals surface area contributed by atoms with Crippen molar-refractivity contribution in [3.63, 3.8) is 0 Å². The van der Waals surface area contributed by atoms with Gasteiger partial charge in [-0.2, -0.15) is 0 Å². The van der Waals surface area contributed by atoms with Crippen LogP contribution in [0.4, 0.5) is 5.82 Å². The van der Waals surface area contributed by atoms with Gasteiger partial charge in [0, 0.05) is 6.54 Å². The zero-order valence-corrected chi connectivity index (χ0v) is 13.0. The topological polar surface area (TPSA) is 47.0 Å². The number of rotatable bonds is 6. The summed E-state index contributed by atoms with van der Waals surface area (Å²) in [6.45, 7) is 7.45. The number of hydrogen-bond acceptors (Lipinski definition) is 4. The van der Waals surface area contributed by atoms with Crippen molar-refractivity contribution in [2.75, 3.05) is 11.9 Å². The summed E-state index contributed by atoms with van der Waals surface area (Å²) in [5.41, 5.74) is 1.13. The fraction of sp³-hybridized carbons (Fsp3) is 0.750. The van der Waals surface area contributed by atoms with Crippen LogP contribution in [0.2, 0.25) is 0 Å². The lowest BCUT2D eigenvalue weighted by Crippen LogP contribution is -2.24. The lowest BCUT2D eigenvalue weighted by atomic mass is 9.89. The van der Waals surface area contributed by atoms with Gasteiger partial charge in [0.1, 0.15) is 18.2 Å². The molecule has 0 saturated heterocycles. The second-order valence-corrected chi connectivity index (χ2v) is 5.79. The summed E-state index contributed by atoms with van der Waals surface area (Å²) in [6.07, 6.45) is 8.79. The predicted molar refractivity (Wildman–Crippen MR) is 82.2 cm³/mol. The van der Waals surface area contributed by atoms with Crippen LogP contribution in [0.3, 0.4) is 0 Å². The first kappa shape index (κ1) is 15.1. The van der Waals surface area contributed by atoms with Crippen molar-refractivity contribution in [1.29, 1.82) is 0 Å². The third-order valence-electron chi connectivity index (χ3n) is 3.99. The van der Waals surface area contributed by atoms with Gasteiger partial charge < -0.3 is 10.1 Å². The summed E-state index contributed by atoms with van der Waals surface area (Å²) in [7, 11) is 0. The van der Waals surface area contributed by atoms with Crippen molar-refractivity contribution >= 4 is 5.82 Å². The molecule has 4 heteroatoms. The molecule has 0 unspecified atom stereocenters. The van der Waals surface area contributed by atoms with Gasteiger partial charge in [0.25, 0.3) is 0 Å². The van der Waals surface area contributed by atoms with E-state index in [4.69, 9.17) is 4.74 Å². The van der Waals surface area contributed by atoms with Gasteiger partial charge in [0.15, 0.2) is 0 Å². The zero-order valence-electron chi connectivity index (χ0n) is 13.0. The highest BCUT2D eigenvalue weighted by Gasteiger charge is 2.22. The Labute approximate surface area is 122 Å². The third kappa shape index (κ3) is 3.84. The van der Waals surface area contributed by atoms with Crippen LogP contribution in [0.5, 0.6) is 5.88 Å². The Hall–Kier alpha value is -1.32. The molecule has 1 aromatic heterocycles. The summed E-state index contributed by atoms with van der Waals surface area (Å²) >= 11 is 0. The highest BCUT2D eigenvalue weighted by atomic mass is 16.5. The minimum absolute atomic E-state index is 0.325. The molecule has 4 nitrogen and oxygen atoms in total. The first-order chi connectivity index (χ1) is 9.74. The lowest BCUT2D eigenvalue weighted by molar-refractivity contribution is 0.128. The zero-order chi connectivity index (χ0) is 14.4. The lowest BCUT2D eigenvalue weighted by Gasteiger charge is -2.27. The van der Waals surface area contributed by atoms with E-state index in [2.05, 4.69) is 36.1 Å². The van der Waals surface area contributed by atoms with E-state index in [-0.39, 0.29) is 0 Å². The number of nitrogens with one attached hydrogen (secondary N) is 1. The molecule has 0 atom stereocenters. The molecule has 112 valence electrons. The molecule has 1 N–H and O–H groups in total. The van der Waals surface area contributed by atoms with Crippen LogP contribution < -0.4 is 10.1 Å². The van der Waals surface area contributed by atoms with Crippen molar-refractivity contribution in [1.82, 2.24) is 9.97 Å². The third-order valence-corrected chi connectivity index (χ3v) is 3.99. The standard InChI is InChI=1S/C16H27N3O/c1-4-6-14-15(17-5-2)18-11-19-16(14)20-13-9-7-12(3)8-10-13/h11-13H,4-10H2,1-3H3,(H,17,18,19). The molecular weight excluding hydrogens is 250 g/mol. The minimum atomic E-state index is 0.325. The van der Waals surface area contributed by atoms with Crippen molar-refractivity contribution < 1.29 is 4.74 Å². The second kappa shape index (κ2) is 7.46. The number of nitrogens with zero attached hydrogens (tertiary/aromatic N) is 2. The highest BCUT2D eigenvalue weighted by molar-refractivity contribution is 5.48. The molecule has 0 aromatic carbocycles. The number of aromatic nitrogens is 2. The van der Waals surface area contributed by atoms with Gasteiger partial charge in [0.05, 0.1) is 5.56 Å². The highest BCUT2D eigenvalue weighted by Crippen LogP contribution is 2.30. The molecule has 0 bridgehead atoms. The molecule has 20 heavy (non-hydrogen) atoms. The monoisotopic (exact) mass is 277 g/mol. The van der Waals surface area contributed by atoms with Crippen LogP contribution >= 0.6 is 0 Å². The number of hydrogen-bond donors (Lipinski definition) is 1. The van der Waals surface area contributed by atoms with Crippen molar-refractivity contribution in [2.24, 2.45) is 5.92 Å². The van der Waals surface area contributed by atoms with E-state index in [9.17, 15) is 0 Å². The Balaban J connectivity index is 2.11. The predicted octanol–water partition coefficient (Wildman–Crippen LogP) is 3.82. The molecule has 1 aromatic rings. The molecule has 0 radical (unpaired) electrons. The normalized spacial score (nSPS) is 22.6. The van der Waals surface area contributed by atoms with Crippen LogP contribution in [0.25, 0.3) is 0 Å². The van der Waals surface area contributed by atoms with Crippen LogP contribution in [0.15, 0.2) is 6.33 Å². The maximum Gasteiger partial charge on any atom is 0.222 e. The number of ether oxygens (including phenoxy) is 1. The summed E-state index contributed by atoms with van der Waals surface area (Å²) in [6, 6.07) is 0. The molecule has 0 spiro atoms. The fourth-order valence-electron chi connectivity index (χ4n) is 2.80. The van der Waals surface area contributed by atoms with Gasteiger partial charge in [-0.1, -0.05) is 20.3 Å². The quantitative estimate of drug-likeness (QED) is 0.858. The average Bonchev–Trinajstić information content (AvgIpc) is 2.45. The van der Waals surface area contributed by atoms with E-state index in [0.717, 1.165) is 55.4 Å². The first-order valence-corrected chi connectivity index (χ1v) is 7.99. The summed E-state index contributed by atoms with van der Waals surface area (Å²) < 4.78 is 6.18. The summed E-state index contributed by atoms with van der Waals surface area (Å²) in [5.74, 6) is 2.56. The van der Waals surface area contributed by atoms with Gasteiger partial charge in [-0.05, 0) is 44.9 Å². The molecule has 0 aliphatic heterocycles. The van der Waals surface area contributed by atoms with Crippen molar-refractivity contribution in [2.45, 2.75) is 65.4 Å². The largest absolute Gasteiger partial charge is 0.474 e. The van der Waals surface area contributed by atoms with Gasteiger partial charge in [-0.15, -0.1) is 0 Å². The van der Waals surface area contributed by atoms with Gasteiger partial charge in [-0.3, -0.25) is 0 Å². The second-order valence-electron chi connectivity index (χ2n) is 5.79. The first-order valence-electron chi connectivity index (χ1n) is 7.99. The Morgan fingerprint density at radius 2 is 1.95 bits per heavy atom. The van der Waals surface area contributed by atoms with Gasteiger partial charge >= 0.3 is 0 Å². The van der Waals surface area contributed by atoms with E-state index in [1.54, 1.807) is 6.33 Å². The maximum absolute atomic E-state index is 6.18. The van der Waals surface area contributed by atoms with Crippen molar-refractivity contribution in [3.8, 4) is 5.88 Å². The van der Waals surface area contributed by atoms with Crippen LogP contribution in [0.1, 0.15) is 58.4 Å².